The molecule has 0 aliphatic carbocycles. The van der Waals surface area contributed by atoms with E-state index in [0.717, 1.165) is 38.0 Å². The van der Waals surface area contributed by atoms with Crippen molar-refractivity contribution in [2.75, 3.05) is 19.7 Å². The zero-order valence-corrected chi connectivity index (χ0v) is 15.9. The van der Waals surface area contributed by atoms with Crippen molar-refractivity contribution < 1.29 is 9.53 Å². The number of nitrogens with zero attached hydrogens (tertiary/aromatic N) is 2. The van der Waals surface area contributed by atoms with Crippen LogP contribution in [0.25, 0.3) is 0 Å². The molecule has 0 bridgehead atoms. The number of rotatable bonds is 5. The van der Waals surface area contributed by atoms with E-state index in [-0.39, 0.29) is 0 Å². The van der Waals surface area contributed by atoms with Gasteiger partial charge in [0.1, 0.15) is 5.75 Å². The van der Waals surface area contributed by atoms with Gasteiger partial charge in [0.15, 0.2) is 0 Å². The Kier molecular flexibility index (Phi) is 6.00. The van der Waals surface area contributed by atoms with E-state index in [1.807, 2.05) is 19.1 Å². The van der Waals surface area contributed by atoms with Crippen LogP contribution < -0.4 is 4.74 Å². The van der Waals surface area contributed by atoms with Crippen molar-refractivity contribution in [1.82, 2.24) is 9.80 Å². The lowest BCUT2D eigenvalue weighted by Crippen LogP contribution is -2.51. The van der Waals surface area contributed by atoms with Crippen LogP contribution in [-0.2, 0) is 4.79 Å². The molecule has 2 fully saturated rings. The molecular formula is C21H32N2O2. The van der Waals surface area contributed by atoms with Crippen molar-refractivity contribution in [3.05, 3.63) is 29.8 Å². The third kappa shape index (κ3) is 4.17. The lowest BCUT2D eigenvalue weighted by atomic mass is 9.97. The van der Waals surface area contributed by atoms with Crippen molar-refractivity contribution in [2.24, 2.45) is 0 Å². The molecule has 25 heavy (non-hydrogen) atoms. The molecule has 0 aromatic heterocycles. The first-order chi connectivity index (χ1) is 12.1. The highest BCUT2D eigenvalue weighted by Crippen LogP contribution is 2.33. The molecule has 1 aromatic carbocycles. The smallest absolute Gasteiger partial charge is 0.237 e. The maximum atomic E-state index is 13.0. The van der Waals surface area contributed by atoms with E-state index in [1.165, 1.54) is 12.0 Å². The monoisotopic (exact) mass is 344 g/mol. The molecule has 2 aliphatic heterocycles. The minimum absolute atomic E-state index is 0.303. The fourth-order valence-electron chi connectivity index (χ4n) is 4.51. The maximum Gasteiger partial charge on any atom is 0.237 e. The highest BCUT2D eigenvalue weighted by molar-refractivity contribution is 5.79. The van der Waals surface area contributed by atoms with Gasteiger partial charge in [-0.05, 0) is 77.1 Å². The fraction of sp³-hybridized carbons (Fsp3) is 0.667. The molecule has 0 spiro atoms. The molecule has 1 aromatic rings. The van der Waals surface area contributed by atoms with Crippen LogP contribution in [-0.4, -0.2) is 47.5 Å². The van der Waals surface area contributed by atoms with Crippen LogP contribution in [0.4, 0.5) is 0 Å². The molecule has 2 heterocycles. The largest absolute Gasteiger partial charge is 0.494 e. The number of amides is 1. The van der Waals surface area contributed by atoms with Gasteiger partial charge in [0.2, 0.25) is 5.91 Å². The Hall–Kier alpha value is -1.55. The first-order valence-electron chi connectivity index (χ1n) is 9.88. The van der Waals surface area contributed by atoms with Gasteiger partial charge < -0.3 is 9.64 Å². The maximum absolute atomic E-state index is 13.0. The van der Waals surface area contributed by atoms with Gasteiger partial charge in [-0.25, -0.2) is 0 Å². The molecule has 2 saturated heterocycles. The van der Waals surface area contributed by atoms with Crippen LogP contribution in [0.15, 0.2) is 24.3 Å². The van der Waals surface area contributed by atoms with E-state index in [2.05, 4.69) is 35.8 Å². The second-order valence-electron chi connectivity index (χ2n) is 7.56. The average Bonchev–Trinajstić information content (AvgIpc) is 3.04. The Labute approximate surface area is 152 Å². The van der Waals surface area contributed by atoms with Crippen molar-refractivity contribution >= 4 is 5.91 Å². The second kappa shape index (κ2) is 8.22. The standard InChI is InChI=1S/C21H32N2O2/c1-4-25-19-12-10-18(11-13-19)20-9-6-14-22(20)15-21(24)23-16(2)7-5-8-17(23)3/h10-13,16-17,20H,4-9,14-15H2,1-3H3/t16-,17+,20-/m1/s1. The van der Waals surface area contributed by atoms with Gasteiger partial charge >= 0.3 is 0 Å². The van der Waals surface area contributed by atoms with Crippen LogP contribution in [0.5, 0.6) is 5.75 Å². The third-order valence-electron chi connectivity index (χ3n) is 5.76. The third-order valence-corrected chi connectivity index (χ3v) is 5.76. The normalized spacial score (nSPS) is 27.5. The number of carbonyl (C=O) groups excluding carboxylic acids is 1. The molecule has 3 rings (SSSR count). The average molecular weight is 344 g/mol. The summed E-state index contributed by atoms with van der Waals surface area (Å²) in [4.78, 5) is 17.5. The molecule has 0 N–H and O–H groups in total. The molecule has 4 nitrogen and oxygen atoms in total. The fourth-order valence-corrected chi connectivity index (χ4v) is 4.51. The summed E-state index contributed by atoms with van der Waals surface area (Å²) in [5.41, 5.74) is 1.30. The number of hydrogen-bond donors (Lipinski definition) is 0. The summed E-state index contributed by atoms with van der Waals surface area (Å²) in [6.45, 7) is 8.64. The van der Waals surface area contributed by atoms with Gasteiger partial charge in [0.05, 0.1) is 13.2 Å². The lowest BCUT2D eigenvalue weighted by molar-refractivity contribution is -0.138. The number of hydrogen-bond acceptors (Lipinski definition) is 3. The Morgan fingerprint density at radius 1 is 1.08 bits per heavy atom. The summed E-state index contributed by atoms with van der Waals surface area (Å²) in [6.07, 6.45) is 5.81. The summed E-state index contributed by atoms with van der Waals surface area (Å²) in [7, 11) is 0. The summed E-state index contributed by atoms with van der Waals surface area (Å²) in [5, 5.41) is 0. The van der Waals surface area contributed by atoms with E-state index in [9.17, 15) is 4.79 Å². The predicted octanol–water partition coefficient (Wildman–Crippen LogP) is 4.01. The van der Waals surface area contributed by atoms with E-state index in [4.69, 9.17) is 4.74 Å². The van der Waals surface area contributed by atoms with Crippen LogP contribution in [0.3, 0.4) is 0 Å². The van der Waals surface area contributed by atoms with Crippen LogP contribution in [0.1, 0.15) is 64.5 Å². The second-order valence-corrected chi connectivity index (χ2v) is 7.56. The Bertz CT molecular complexity index is 562. The molecule has 4 heteroatoms. The molecule has 0 saturated carbocycles. The molecule has 0 radical (unpaired) electrons. The topological polar surface area (TPSA) is 32.8 Å². The highest BCUT2D eigenvalue weighted by Gasteiger charge is 2.33. The lowest BCUT2D eigenvalue weighted by Gasteiger charge is -2.40. The summed E-state index contributed by atoms with van der Waals surface area (Å²) >= 11 is 0. The SMILES string of the molecule is CCOc1ccc([C@H]2CCCN2CC(=O)N2[C@H](C)CCC[C@@H]2C)cc1. The molecule has 1 amide bonds. The molecule has 3 atom stereocenters. The summed E-state index contributed by atoms with van der Waals surface area (Å²) in [5.74, 6) is 1.22. The van der Waals surface area contributed by atoms with E-state index < -0.39 is 0 Å². The molecule has 2 aliphatic rings. The van der Waals surface area contributed by atoms with Gasteiger partial charge in [0.25, 0.3) is 0 Å². The van der Waals surface area contributed by atoms with E-state index >= 15 is 0 Å². The van der Waals surface area contributed by atoms with Gasteiger partial charge in [0, 0.05) is 18.1 Å². The zero-order chi connectivity index (χ0) is 17.8. The molecule has 0 unspecified atom stereocenters. The molecule has 138 valence electrons. The highest BCUT2D eigenvalue weighted by atomic mass is 16.5. The van der Waals surface area contributed by atoms with E-state index in [0.29, 0.717) is 37.2 Å². The van der Waals surface area contributed by atoms with Crippen molar-refractivity contribution in [3.8, 4) is 5.75 Å². The summed E-state index contributed by atoms with van der Waals surface area (Å²) in [6, 6.07) is 9.52. The Morgan fingerprint density at radius 2 is 1.76 bits per heavy atom. The predicted molar refractivity (Wildman–Crippen MR) is 101 cm³/mol. The van der Waals surface area contributed by atoms with Crippen LogP contribution in [0.2, 0.25) is 0 Å². The number of likely N-dealkylation sites (tertiary alicyclic amines) is 2. The Balaban J connectivity index is 1.66. The van der Waals surface area contributed by atoms with Gasteiger partial charge in [-0.2, -0.15) is 0 Å². The van der Waals surface area contributed by atoms with Crippen molar-refractivity contribution in [3.63, 3.8) is 0 Å². The van der Waals surface area contributed by atoms with Gasteiger partial charge in [-0.15, -0.1) is 0 Å². The first-order valence-corrected chi connectivity index (χ1v) is 9.88. The minimum atomic E-state index is 0.303. The number of benzene rings is 1. The van der Waals surface area contributed by atoms with Gasteiger partial charge in [-0.3, -0.25) is 9.69 Å². The zero-order valence-electron chi connectivity index (χ0n) is 15.9. The molecular weight excluding hydrogens is 312 g/mol. The number of piperidine rings is 1. The van der Waals surface area contributed by atoms with Gasteiger partial charge in [-0.1, -0.05) is 12.1 Å². The van der Waals surface area contributed by atoms with Crippen molar-refractivity contribution in [1.29, 1.82) is 0 Å². The van der Waals surface area contributed by atoms with Crippen LogP contribution in [0, 0.1) is 0 Å². The number of ether oxygens (including phenoxy) is 1. The van der Waals surface area contributed by atoms with Crippen LogP contribution >= 0.6 is 0 Å². The summed E-state index contributed by atoms with van der Waals surface area (Å²) < 4.78 is 5.54. The first kappa shape index (κ1) is 18.2. The van der Waals surface area contributed by atoms with E-state index in [1.54, 1.807) is 0 Å². The van der Waals surface area contributed by atoms with Crippen molar-refractivity contribution in [2.45, 2.75) is 71.0 Å². The quantitative estimate of drug-likeness (QED) is 0.809. The minimum Gasteiger partial charge on any atom is -0.494 e. The Morgan fingerprint density at radius 3 is 2.40 bits per heavy atom. The number of carbonyl (C=O) groups is 1.